The lowest BCUT2D eigenvalue weighted by molar-refractivity contribution is 0.212. The third-order valence-corrected chi connectivity index (χ3v) is 2.05. The van der Waals surface area contributed by atoms with Crippen LogP contribution >= 0.6 is 0 Å². The molecule has 0 saturated carbocycles. The van der Waals surface area contributed by atoms with E-state index >= 15 is 0 Å². The van der Waals surface area contributed by atoms with Gasteiger partial charge < -0.3 is 5.11 Å². The average molecular weight is 169 g/mol. The molecule has 1 N–H and O–H groups in total. The number of rotatable bonds is 6. The first-order valence-corrected chi connectivity index (χ1v) is 4.46. The maximum absolute atomic E-state index is 8.83. The molecule has 0 aromatic heterocycles. The Balaban J connectivity index is 0. The quantitative estimate of drug-likeness (QED) is 0.476. The highest BCUT2D eigenvalue weighted by Gasteiger charge is 2.02. The number of aliphatic hydroxyl groups excluding tert-OH is 1. The van der Waals surface area contributed by atoms with Crippen LogP contribution in [-0.2, 0) is 0 Å². The molecule has 0 spiro atoms. The molecule has 0 aliphatic carbocycles. The Labute approximate surface area is 86.7 Å². The number of hydrogen-bond acceptors (Lipinski definition) is 1. The van der Waals surface area contributed by atoms with Gasteiger partial charge in [0, 0.05) is 29.7 Å². The highest BCUT2D eigenvalue weighted by Crippen LogP contribution is 2.11. The number of hydrogen-bond donors (Lipinski definition) is 1. The minimum atomic E-state index is 0. The largest absolute Gasteiger partial charge is 0.396 e. The second kappa shape index (κ2) is 10.7. The van der Waals surface area contributed by atoms with Gasteiger partial charge in [-0.3, -0.25) is 0 Å². The average Bonchev–Trinajstić information content (AvgIpc) is 1.99. The molecular weight excluding hydrogens is 148 g/mol. The molecule has 0 aromatic carbocycles. The van der Waals surface area contributed by atoms with Crippen molar-refractivity contribution in [1.29, 1.82) is 0 Å². The van der Waals surface area contributed by atoms with Crippen LogP contribution in [0.15, 0.2) is 0 Å². The molecule has 2 heteroatoms. The monoisotopic (exact) mass is 168 g/mol. The van der Waals surface area contributed by atoms with Gasteiger partial charge in [0.25, 0.3) is 0 Å². The standard InChI is InChI=1S/C9H20O.Mg/c1-3-5-6-7-9(4-2)8-10;/h9-10H,3-8H2,1-2H3;. The molecule has 0 saturated heterocycles. The van der Waals surface area contributed by atoms with Gasteiger partial charge >= 0.3 is 0 Å². The fourth-order valence-electron chi connectivity index (χ4n) is 1.11. The lowest BCUT2D eigenvalue weighted by Crippen LogP contribution is -2.03. The van der Waals surface area contributed by atoms with Gasteiger partial charge in [0.05, 0.1) is 0 Å². The smallest absolute Gasteiger partial charge is 0.0459 e. The summed E-state index contributed by atoms with van der Waals surface area (Å²) >= 11 is 0. The molecule has 2 radical (unpaired) electrons. The maximum atomic E-state index is 8.83. The van der Waals surface area contributed by atoms with Crippen molar-refractivity contribution in [3.8, 4) is 0 Å². The van der Waals surface area contributed by atoms with Crippen molar-refractivity contribution in [3.05, 3.63) is 0 Å². The Hall–Kier alpha value is 0.726. The molecule has 1 unspecified atom stereocenters. The van der Waals surface area contributed by atoms with E-state index in [-0.39, 0.29) is 23.1 Å². The molecule has 1 atom stereocenters. The summed E-state index contributed by atoms with van der Waals surface area (Å²) in [6.07, 6.45) is 6.22. The Bertz CT molecular complexity index is 62.6. The van der Waals surface area contributed by atoms with E-state index in [0.29, 0.717) is 12.5 Å². The van der Waals surface area contributed by atoms with Crippen molar-refractivity contribution in [2.24, 2.45) is 5.92 Å². The Morgan fingerprint density at radius 2 is 1.82 bits per heavy atom. The zero-order valence-corrected chi connectivity index (χ0v) is 9.39. The molecule has 0 rings (SSSR count). The van der Waals surface area contributed by atoms with Gasteiger partial charge in [-0.15, -0.1) is 0 Å². The van der Waals surface area contributed by atoms with Gasteiger partial charge in [0.1, 0.15) is 0 Å². The zero-order chi connectivity index (χ0) is 7.82. The molecule has 64 valence electrons. The molecule has 0 amide bonds. The van der Waals surface area contributed by atoms with Crippen LogP contribution in [0.4, 0.5) is 0 Å². The minimum absolute atomic E-state index is 0. The van der Waals surface area contributed by atoms with Gasteiger partial charge in [0.15, 0.2) is 0 Å². The fraction of sp³-hybridized carbons (Fsp3) is 1.00. The van der Waals surface area contributed by atoms with Crippen LogP contribution in [-0.4, -0.2) is 34.8 Å². The molecular formula is C9H20MgO. The van der Waals surface area contributed by atoms with Gasteiger partial charge in [-0.1, -0.05) is 39.5 Å². The minimum Gasteiger partial charge on any atom is -0.396 e. The molecule has 0 aromatic rings. The van der Waals surface area contributed by atoms with E-state index in [1.807, 2.05) is 0 Å². The van der Waals surface area contributed by atoms with Crippen molar-refractivity contribution in [2.75, 3.05) is 6.61 Å². The summed E-state index contributed by atoms with van der Waals surface area (Å²) in [5.74, 6) is 0.562. The molecule has 0 heterocycles. The van der Waals surface area contributed by atoms with Crippen LogP contribution in [0.2, 0.25) is 0 Å². The van der Waals surface area contributed by atoms with Gasteiger partial charge in [-0.2, -0.15) is 0 Å². The van der Waals surface area contributed by atoms with Crippen LogP contribution < -0.4 is 0 Å². The maximum Gasteiger partial charge on any atom is 0.0459 e. The van der Waals surface area contributed by atoms with E-state index in [9.17, 15) is 0 Å². The van der Waals surface area contributed by atoms with E-state index in [2.05, 4.69) is 13.8 Å². The first-order valence-electron chi connectivity index (χ1n) is 4.46. The van der Waals surface area contributed by atoms with E-state index in [4.69, 9.17) is 5.11 Å². The second-order valence-corrected chi connectivity index (χ2v) is 2.95. The summed E-state index contributed by atoms with van der Waals surface area (Å²) in [6.45, 7) is 4.73. The summed E-state index contributed by atoms with van der Waals surface area (Å²) in [5, 5.41) is 8.83. The number of aliphatic hydroxyl groups is 1. The van der Waals surface area contributed by atoms with E-state index in [0.717, 1.165) is 6.42 Å². The molecule has 0 aliphatic heterocycles. The zero-order valence-electron chi connectivity index (χ0n) is 7.97. The third kappa shape index (κ3) is 8.63. The number of unbranched alkanes of at least 4 members (excludes halogenated alkanes) is 2. The first kappa shape index (κ1) is 14.3. The van der Waals surface area contributed by atoms with E-state index in [1.54, 1.807) is 0 Å². The summed E-state index contributed by atoms with van der Waals surface area (Å²) in [5.41, 5.74) is 0. The lowest BCUT2D eigenvalue weighted by atomic mass is 10.00. The van der Waals surface area contributed by atoms with Crippen LogP contribution in [0.3, 0.4) is 0 Å². The second-order valence-electron chi connectivity index (χ2n) is 2.95. The Morgan fingerprint density at radius 3 is 2.18 bits per heavy atom. The highest BCUT2D eigenvalue weighted by molar-refractivity contribution is 5.75. The summed E-state index contributed by atoms with van der Waals surface area (Å²) in [7, 11) is 0. The normalized spacial score (nSPS) is 12.3. The Kier molecular flexibility index (Phi) is 13.9. The predicted molar refractivity (Wildman–Crippen MR) is 50.8 cm³/mol. The topological polar surface area (TPSA) is 20.2 Å². The molecule has 1 nitrogen and oxygen atoms in total. The van der Waals surface area contributed by atoms with Crippen LogP contribution in [0.5, 0.6) is 0 Å². The van der Waals surface area contributed by atoms with Crippen LogP contribution in [0.1, 0.15) is 46.0 Å². The SMILES string of the molecule is CCCCCC(CC)CO.[Mg]. The summed E-state index contributed by atoms with van der Waals surface area (Å²) in [4.78, 5) is 0. The molecule has 0 bridgehead atoms. The van der Waals surface area contributed by atoms with E-state index < -0.39 is 0 Å². The van der Waals surface area contributed by atoms with E-state index in [1.165, 1.54) is 25.7 Å². The van der Waals surface area contributed by atoms with Crippen LogP contribution in [0.25, 0.3) is 0 Å². The van der Waals surface area contributed by atoms with Crippen LogP contribution in [0, 0.1) is 5.92 Å². The lowest BCUT2D eigenvalue weighted by Gasteiger charge is -2.09. The predicted octanol–water partition coefficient (Wildman–Crippen LogP) is 2.20. The Morgan fingerprint density at radius 1 is 1.18 bits per heavy atom. The van der Waals surface area contributed by atoms with Gasteiger partial charge in [-0.25, -0.2) is 0 Å². The first-order chi connectivity index (χ1) is 4.85. The third-order valence-electron chi connectivity index (χ3n) is 2.05. The summed E-state index contributed by atoms with van der Waals surface area (Å²) < 4.78 is 0. The van der Waals surface area contributed by atoms with Crippen molar-refractivity contribution < 1.29 is 5.11 Å². The van der Waals surface area contributed by atoms with Crippen molar-refractivity contribution in [3.63, 3.8) is 0 Å². The van der Waals surface area contributed by atoms with Crippen molar-refractivity contribution in [2.45, 2.75) is 46.0 Å². The van der Waals surface area contributed by atoms with Gasteiger partial charge in [0.2, 0.25) is 0 Å². The van der Waals surface area contributed by atoms with Crippen molar-refractivity contribution in [1.82, 2.24) is 0 Å². The molecule has 0 fully saturated rings. The van der Waals surface area contributed by atoms with Gasteiger partial charge in [-0.05, 0) is 12.3 Å². The van der Waals surface area contributed by atoms with Crippen molar-refractivity contribution >= 4 is 23.1 Å². The fourth-order valence-corrected chi connectivity index (χ4v) is 1.11. The molecule has 11 heavy (non-hydrogen) atoms. The molecule has 0 aliphatic rings. The summed E-state index contributed by atoms with van der Waals surface area (Å²) in [6, 6.07) is 0. The highest BCUT2D eigenvalue weighted by atomic mass is 24.3.